The van der Waals surface area contributed by atoms with Gasteiger partial charge < -0.3 is 32.2 Å². The van der Waals surface area contributed by atoms with Crippen molar-refractivity contribution in [2.75, 3.05) is 38.2 Å². The minimum atomic E-state index is -0.123. The number of nitrogens with zero attached hydrogens (tertiary/aromatic N) is 3. The van der Waals surface area contributed by atoms with Crippen LogP contribution in [0.2, 0.25) is 0 Å². The number of benzene rings is 1. The summed E-state index contributed by atoms with van der Waals surface area (Å²) in [5, 5.41) is 3.47. The van der Waals surface area contributed by atoms with E-state index < -0.39 is 0 Å². The molecule has 0 saturated carbocycles. The van der Waals surface area contributed by atoms with E-state index in [1.165, 1.54) is 25.7 Å². The first-order valence-corrected chi connectivity index (χ1v) is 9.09. The largest absolute Gasteiger partial charge is 0.494 e. The molecule has 26 heavy (non-hydrogen) atoms. The van der Waals surface area contributed by atoms with E-state index in [0.717, 1.165) is 31.9 Å². The fraction of sp³-hybridized carbons (Fsp3) is 0.556. The molecule has 0 amide bonds. The van der Waals surface area contributed by atoms with Gasteiger partial charge in [0.2, 0.25) is 5.96 Å². The van der Waals surface area contributed by atoms with Crippen LogP contribution in [0.4, 0.5) is 11.4 Å². The molecule has 2 heterocycles. The monoisotopic (exact) mass is 359 g/mol. The fourth-order valence-corrected chi connectivity index (χ4v) is 3.93. The van der Waals surface area contributed by atoms with Gasteiger partial charge in [-0.1, -0.05) is 0 Å². The quantitative estimate of drug-likeness (QED) is 0.469. The second kappa shape index (κ2) is 7.82. The molecule has 2 fully saturated rings. The van der Waals surface area contributed by atoms with Crippen LogP contribution in [0, 0.1) is 5.41 Å². The maximum atomic E-state index is 5.72. The predicted octanol–water partition coefficient (Wildman–Crippen LogP) is 0.885. The zero-order chi connectivity index (χ0) is 18.6. The summed E-state index contributed by atoms with van der Waals surface area (Å²) in [6.45, 7) is 4.44. The van der Waals surface area contributed by atoms with Gasteiger partial charge in [-0.3, -0.25) is 0 Å². The number of nitrogens with two attached hydrogens (primary N) is 3. The zero-order valence-electron chi connectivity index (χ0n) is 15.4. The second-order valence-electron chi connectivity index (χ2n) is 7.10. The standard InChI is InChI=1S/C18H29N7O/c1-26-15-12-13(2-3-14(15)23-17(21)24-16(19)20)25-10-6-18(7-11-25)4-8-22-9-5-18/h2-3,12,22H,4-11H2,1H3,(H6,19,20,21,23,24). The Morgan fingerprint density at radius 2 is 1.81 bits per heavy atom. The Morgan fingerprint density at radius 1 is 1.12 bits per heavy atom. The first kappa shape index (κ1) is 18.3. The Labute approximate surface area is 154 Å². The molecule has 8 heteroatoms. The Kier molecular flexibility index (Phi) is 5.51. The highest BCUT2D eigenvalue weighted by atomic mass is 16.5. The van der Waals surface area contributed by atoms with Crippen molar-refractivity contribution in [2.24, 2.45) is 32.6 Å². The third-order valence-electron chi connectivity index (χ3n) is 5.50. The highest BCUT2D eigenvalue weighted by Gasteiger charge is 2.35. The van der Waals surface area contributed by atoms with Crippen LogP contribution in [0.25, 0.3) is 0 Å². The van der Waals surface area contributed by atoms with Crippen LogP contribution in [0.15, 0.2) is 28.2 Å². The fourth-order valence-electron chi connectivity index (χ4n) is 3.93. The molecule has 8 nitrogen and oxygen atoms in total. The van der Waals surface area contributed by atoms with Gasteiger partial charge in [-0.25, -0.2) is 4.99 Å². The van der Waals surface area contributed by atoms with E-state index in [4.69, 9.17) is 21.9 Å². The molecule has 142 valence electrons. The molecule has 0 aliphatic carbocycles. The Balaban J connectivity index is 1.73. The molecule has 1 spiro atoms. The van der Waals surface area contributed by atoms with E-state index in [1.54, 1.807) is 7.11 Å². The van der Waals surface area contributed by atoms with Crippen LogP contribution in [0.5, 0.6) is 5.75 Å². The number of rotatable bonds is 3. The topological polar surface area (TPSA) is 127 Å². The highest BCUT2D eigenvalue weighted by molar-refractivity contribution is 5.94. The predicted molar refractivity (Wildman–Crippen MR) is 106 cm³/mol. The van der Waals surface area contributed by atoms with Crippen molar-refractivity contribution in [1.82, 2.24) is 5.32 Å². The molecule has 7 N–H and O–H groups in total. The molecule has 0 atom stereocenters. The van der Waals surface area contributed by atoms with Crippen molar-refractivity contribution in [2.45, 2.75) is 25.7 Å². The van der Waals surface area contributed by atoms with Crippen LogP contribution >= 0.6 is 0 Å². The van der Waals surface area contributed by atoms with Crippen molar-refractivity contribution < 1.29 is 4.74 Å². The molecule has 2 saturated heterocycles. The molecule has 0 bridgehead atoms. The maximum absolute atomic E-state index is 5.72. The lowest BCUT2D eigenvalue weighted by Crippen LogP contribution is -2.45. The van der Waals surface area contributed by atoms with Crippen molar-refractivity contribution in [3.05, 3.63) is 18.2 Å². The number of nitrogens with one attached hydrogen (secondary N) is 1. The lowest BCUT2D eigenvalue weighted by Gasteiger charge is -2.45. The van der Waals surface area contributed by atoms with E-state index in [1.807, 2.05) is 18.2 Å². The van der Waals surface area contributed by atoms with Crippen molar-refractivity contribution >= 4 is 23.3 Å². The number of ether oxygens (including phenoxy) is 1. The maximum Gasteiger partial charge on any atom is 0.223 e. The second-order valence-corrected chi connectivity index (χ2v) is 7.10. The lowest BCUT2D eigenvalue weighted by atomic mass is 9.71. The first-order valence-electron chi connectivity index (χ1n) is 9.09. The van der Waals surface area contributed by atoms with Gasteiger partial charge in [0, 0.05) is 24.8 Å². The number of hydrogen-bond donors (Lipinski definition) is 4. The number of anilines is 1. The van der Waals surface area contributed by atoms with Crippen molar-refractivity contribution in [3.63, 3.8) is 0 Å². The molecule has 0 unspecified atom stereocenters. The number of guanidine groups is 2. The van der Waals surface area contributed by atoms with Crippen LogP contribution in [-0.4, -0.2) is 45.2 Å². The lowest BCUT2D eigenvalue weighted by molar-refractivity contribution is 0.155. The average Bonchev–Trinajstić information content (AvgIpc) is 2.63. The normalized spacial score (nSPS) is 20.0. The summed E-state index contributed by atoms with van der Waals surface area (Å²) in [6.07, 6.45) is 5.08. The molecule has 1 aromatic rings. The van der Waals surface area contributed by atoms with Gasteiger partial charge in [-0.15, -0.1) is 0 Å². The summed E-state index contributed by atoms with van der Waals surface area (Å²) < 4.78 is 5.48. The molecular formula is C18H29N7O. The van der Waals surface area contributed by atoms with Crippen molar-refractivity contribution in [3.8, 4) is 5.75 Å². The van der Waals surface area contributed by atoms with E-state index in [-0.39, 0.29) is 11.9 Å². The van der Waals surface area contributed by atoms with Gasteiger partial charge in [-0.2, -0.15) is 4.99 Å². The molecule has 0 aromatic heterocycles. The van der Waals surface area contributed by atoms with Crippen molar-refractivity contribution in [1.29, 1.82) is 0 Å². The smallest absolute Gasteiger partial charge is 0.223 e. The molecule has 0 radical (unpaired) electrons. The number of aliphatic imine (C=N–C) groups is 2. The summed E-state index contributed by atoms with van der Waals surface area (Å²) in [5.41, 5.74) is 18.6. The Morgan fingerprint density at radius 3 is 2.42 bits per heavy atom. The Bertz CT molecular complexity index is 681. The average molecular weight is 359 g/mol. The molecular weight excluding hydrogens is 330 g/mol. The van der Waals surface area contributed by atoms with E-state index in [0.29, 0.717) is 16.9 Å². The van der Waals surface area contributed by atoms with Gasteiger partial charge in [0.05, 0.1) is 7.11 Å². The minimum Gasteiger partial charge on any atom is -0.494 e. The third kappa shape index (κ3) is 4.19. The van der Waals surface area contributed by atoms with Crippen LogP contribution in [0.1, 0.15) is 25.7 Å². The van der Waals surface area contributed by atoms with Gasteiger partial charge in [-0.05, 0) is 56.3 Å². The number of methoxy groups -OCH3 is 1. The summed E-state index contributed by atoms with van der Waals surface area (Å²) in [6, 6.07) is 5.94. The van der Waals surface area contributed by atoms with Gasteiger partial charge in [0.15, 0.2) is 5.96 Å². The zero-order valence-corrected chi connectivity index (χ0v) is 15.4. The highest BCUT2D eigenvalue weighted by Crippen LogP contribution is 2.41. The number of piperidine rings is 2. The van der Waals surface area contributed by atoms with E-state index >= 15 is 0 Å². The van der Waals surface area contributed by atoms with Gasteiger partial charge in [0.25, 0.3) is 0 Å². The van der Waals surface area contributed by atoms with Crippen LogP contribution < -0.4 is 32.2 Å². The summed E-state index contributed by atoms with van der Waals surface area (Å²) in [5.74, 6) is 0.530. The van der Waals surface area contributed by atoms with Crippen LogP contribution in [0.3, 0.4) is 0 Å². The van der Waals surface area contributed by atoms with E-state index in [2.05, 4.69) is 20.2 Å². The molecule has 1 aromatic carbocycles. The third-order valence-corrected chi connectivity index (χ3v) is 5.50. The number of hydrogen-bond acceptors (Lipinski definition) is 4. The van der Waals surface area contributed by atoms with E-state index in [9.17, 15) is 0 Å². The molecule has 2 aliphatic heterocycles. The Hall–Kier alpha value is -2.48. The molecule has 2 aliphatic rings. The summed E-state index contributed by atoms with van der Waals surface area (Å²) in [7, 11) is 1.62. The van der Waals surface area contributed by atoms with Gasteiger partial charge >= 0.3 is 0 Å². The first-order chi connectivity index (χ1) is 12.5. The summed E-state index contributed by atoms with van der Waals surface area (Å²) >= 11 is 0. The SMILES string of the molecule is COc1cc(N2CCC3(CCNCC3)CC2)ccc1N=C(N)N=C(N)N. The summed E-state index contributed by atoms with van der Waals surface area (Å²) in [4.78, 5) is 10.4. The van der Waals surface area contributed by atoms with Crippen LogP contribution in [-0.2, 0) is 0 Å². The van der Waals surface area contributed by atoms with Gasteiger partial charge in [0.1, 0.15) is 11.4 Å². The minimum absolute atomic E-state index is 0.00173. The molecule has 3 rings (SSSR count).